The molecule has 0 aromatic carbocycles. The first-order chi connectivity index (χ1) is 9.63. The van der Waals surface area contributed by atoms with Gasteiger partial charge in [0.05, 0.1) is 5.69 Å². The molecule has 0 saturated carbocycles. The molecule has 2 heterocycles. The van der Waals surface area contributed by atoms with E-state index >= 15 is 0 Å². The van der Waals surface area contributed by atoms with Crippen molar-refractivity contribution in [2.45, 2.75) is 19.9 Å². The summed E-state index contributed by atoms with van der Waals surface area (Å²) in [6.07, 6.45) is 1.79. The smallest absolute Gasteiger partial charge is 0.320 e. The quantitative estimate of drug-likeness (QED) is 0.859. The van der Waals surface area contributed by atoms with Crippen molar-refractivity contribution in [3.63, 3.8) is 0 Å². The van der Waals surface area contributed by atoms with Gasteiger partial charge in [0, 0.05) is 38.9 Å². The van der Waals surface area contributed by atoms with Gasteiger partial charge in [0.15, 0.2) is 5.82 Å². The number of nitrogens with one attached hydrogen (secondary N) is 1. The van der Waals surface area contributed by atoms with E-state index in [-0.39, 0.29) is 12.4 Å². The summed E-state index contributed by atoms with van der Waals surface area (Å²) in [5.74, 6) is 0.196. The first-order valence-electron chi connectivity index (χ1n) is 7.04. The third-order valence-electron chi connectivity index (χ3n) is 3.67. The standard InChI is InChI=1S/C14H22N4O2.ClH/c1-3-15-12-5-4-6-16-13(12)18-9-7-17(8-10-18)11(2)14(19)20;/h4-6,11,15H,3,7-10H2,1-2H3,(H,19,20);1H. The Morgan fingerprint density at radius 1 is 1.43 bits per heavy atom. The number of carboxylic acids is 1. The van der Waals surface area contributed by atoms with Gasteiger partial charge in [-0.3, -0.25) is 9.69 Å². The normalized spacial score (nSPS) is 17.0. The summed E-state index contributed by atoms with van der Waals surface area (Å²) in [7, 11) is 0. The van der Waals surface area contributed by atoms with E-state index in [2.05, 4.69) is 22.1 Å². The summed E-state index contributed by atoms with van der Waals surface area (Å²) in [6, 6.07) is 3.52. The van der Waals surface area contributed by atoms with E-state index in [1.165, 1.54) is 0 Å². The molecule has 1 unspecified atom stereocenters. The molecule has 7 heteroatoms. The minimum atomic E-state index is -0.760. The van der Waals surface area contributed by atoms with Crippen molar-refractivity contribution in [1.82, 2.24) is 9.88 Å². The van der Waals surface area contributed by atoms with Crippen LogP contribution in [0.15, 0.2) is 18.3 Å². The zero-order valence-electron chi connectivity index (χ0n) is 12.5. The fourth-order valence-corrected chi connectivity index (χ4v) is 2.45. The lowest BCUT2D eigenvalue weighted by Crippen LogP contribution is -2.52. The second-order valence-electron chi connectivity index (χ2n) is 4.94. The Bertz CT molecular complexity index is 464. The van der Waals surface area contributed by atoms with Crippen molar-refractivity contribution < 1.29 is 9.90 Å². The number of hydrogen-bond donors (Lipinski definition) is 2. The van der Waals surface area contributed by atoms with E-state index in [0.29, 0.717) is 0 Å². The molecule has 0 radical (unpaired) electrons. The molecule has 21 heavy (non-hydrogen) atoms. The number of pyridine rings is 1. The van der Waals surface area contributed by atoms with Crippen molar-refractivity contribution in [3.8, 4) is 0 Å². The minimum Gasteiger partial charge on any atom is -0.480 e. The van der Waals surface area contributed by atoms with Gasteiger partial charge in [0.2, 0.25) is 0 Å². The summed E-state index contributed by atoms with van der Waals surface area (Å²) < 4.78 is 0. The number of rotatable bonds is 5. The third-order valence-corrected chi connectivity index (χ3v) is 3.67. The number of nitrogens with zero attached hydrogens (tertiary/aromatic N) is 3. The van der Waals surface area contributed by atoms with E-state index in [4.69, 9.17) is 5.11 Å². The maximum absolute atomic E-state index is 11.0. The van der Waals surface area contributed by atoms with Gasteiger partial charge in [-0.2, -0.15) is 0 Å². The van der Waals surface area contributed by atoms with Crippen LogP contribution in [0.25, 0.3) is 0 Å². The molecule has 2 rings (SSSR count). The van der Waals surface area contributed by atoms with Crippen LogP contribution in [-0.4, -0.2) is 59.7 Å². The highest BCUT2D eigenvalue weighted by Gasteiger charge is 2.26. The zero-order chi connectivity index (χ0) is 14.5. The molecule has 1 fully saturated rings. The van der Waals surface area contributed by atoms with Gasteiger partial charge in [-0.15, -0.1) is 12.4 Å². The highest BCUT2D eigenvalue weighted by molar-refractivity contribution is 5.85. The van der Waals surface area contributed by atoms with Crippen molar-refractivity contribution in [2.75, 3.05) is 42.9 Å². The Kier molecular flexibility index (Phi) is 6.71. The summed E-state index contributed by atoms with van der Waals surface area (Å²) in [4.78, 5) is 19.7. The Morgan fingerprint density at radius 3 is 2.67 bits per heavy atom. The van der Waals surface area contributed by atoms with Gasteiger partial charge in [-0.25, -0.2) is 4.98 Å². The van der Waals surface area contributed by atoms with Crippen molar-refractivity contribution in [1.29, 1.82) is 0 Å². The molecular formula is C14H23ClN4O2. The van der Waals surface area contributed by atoms with Crippen molar-refractivity contribution >= 4 is 29.9 Å². The molecule has 1 aromatic heterocycles. The van der Waals surface area contributed by atoms with Gasteiger partial charge < -0.3 is 15.3 Å². The van der Waals surface area contributed by atoms with Gasteiger partial charge in [-0.05, 0) is 26.0 Å². The topological polar surface area (TPSA) is 68.7 Å². The molecule has 0 spiro atoms. The van der Waals surface area contributed by atoms with E-state index in [9.17, 15) is 4.79 Å². The van der Waals surface area contributed by atoms with E-state index in [1.54, 1.807) is 13.1 Å². The number of piperazine rings is 1. The number of anilines is 2. The molecular weight excluding hydrogens is 292 g/mol. The van der Waals surface area contributed by atoms with Crippen LogP contribution in [0.2, 0.25) is 0 Å². The van der Waals surface area contributed by atoms with Crippen molar-refractivity contribution in [2.24, 2.45) is 0 Å². The van der Waals surface area contributed by atoms with Gasteiger partial charge in [0.1, 0.15) is 6.04 Å². The largest absolute Gasteiger partial charge is 0.480 e. The lowest BCUT2D eigenvalue weighted by Gasteiger charge is -2.37. The molecule has 2 N–H and O–H groups in total. The fraction of sp³-hybridized carbons (Fsp3) is 0.571. The third kappa shape index (κ3) is 4.22. The summed E-state index contributed by atoms with van der Waals surface area (Å²) >= 11 is 0. The Labute approximate surface area is 131 Å². The van der Waals surface area contributed by atoms with Crippen LogP contribution in [0.4, 0.5) is 11.5 Å². The summed E-state index contributed by atoms with van der Waals surface area (Å²) in [5.41, 5.74) is 1.04. The second kappa shape index (κ2) is 8.05. The Morgan fingerprint density at radius 2 is 2.10 bits per heavy atom. The van der Waals surface area contributed by atoms with Crippen LogP contribution in [0.5, 0.6) is 0 Å². The molecule has 0 amide bonds. The van der Waals surface area contributed by atoms with E-state index in [0.717, 1.165) is 44.2 Å². The van der Waals surface area contributed by atoms with Crippen LogP contribution >= 0.6 is 12.4 Å². The lowest BCUT2D eigenvalue weighted by atomic mass is 10.2. The predicted octanol–water partition coefficient (Wildman–Crippen LogP) is 1.53. The van der Waals surface area contributed by atoms with Crippen LogP contribution in [0, 0.1) is 0 Å². The van der Waals surface area contributed by atoms with Gasteiger partial charge >= 0.3 is 5.97 Å². The average Bonchev–Trinajstić information content (AvgIpc) is 2.47. The number of carboxylic acid groups (broad SMARTS) is 1. The molecule has 6 nitrogen and oxygen atoms in total. The number of halogens is 1. The van der Waals surface area contributed by atoms with E-state index < -0.39 is 12.0 Å². The maximum atomic E-state index is 11.0. The lowest BCUT2D eigenvalue weighted by molar-refractivity contribution is -0.142. The number of hydrogen-bond acceptors (Lipinski definition) is 5. The van der Waals surface area contributed by atoms with Gasteiger partial charge in [-0.1, -0.05) is 0 Å². The van der Waals surface area contributed by atoms with Crippen LogP contribution in [-0.2, 0) is 4.79 Å². The molecule has 0 aliphatic carbocycles. The first-order valence-corrected chi connectivity index (χ1v) is 7.04. The Balaban J connectivity index is 0.00000220. The molecule has 1 aromatic rings. The summed E-state index contributed by atoms with van der Waals surface area (Å²) in [5, 5.41) is 12.4. The molecule has 1 saturated heterocycles. The summed E-state index contributed by atoms with van der Waals surface area (Å²) in [6.45, 7) is 7.74. The van der Waals surface area contributed by atoms with E-state index in [1.807, 2.05) is 17.0 Å². The Hall–Kier alpha value is -1.53. The molecule has 1 atom stereocenters. The average molecular weight is 315 g/mol. The first kappa shape index (κ1) is 17.5. The van der Waals surface area contributed by atoms with Gasteiger partial charge in [0.25, 0.3) is 0 Å². The highest BCUT2D eigenvalue weighted by Crippen LogP contribution is 2.23. The van der Waals surface area contributed by atoms with Crippen LogP contribution in [0.1, 0.15) is 13.8 Å². The van der Waals surface area contributed by atoms with Crippen LogP contribution in [0.3, 0.4) is 0 Å². The van der Waals surface area contributed by atoms with Crippen LogP contribution < -0.4 is 10.2 Å². The number of carbonyl (C=O) groups is 1. The fourth-order valence-electron chi connectivity index (χ4n) is 2.45. The molecule has 0 bridgehead atoms. The zero-order valence-corrected chi connectivity index (χ0v) is 13.3. The monoisotopic (exact) mass is 314 g/mol. The number of aliphatic carboxylic acids is 1. The second-order valence-corrected chi connectivity index (χ2v) is 4.94. The predicted molar refractivity (Wildman–Crippen MR) is 86.5 cm³/mol. The number of aromatic nitrogens is 1. The maximum Gasteiger partial charge on any atom is 0.320 e. The molecule has 118 valence electrons. The van der Waals surface area contributed by atoms with Crippen molar-refractivity contribution in [3.05, 3.63) is 18.3 Å². The SMILES string of the molecule is CCNc1cccnc1N1CCN(C(C)C(=O)O)CC1.Cl. The molecule has 1 aliphatic rings. The molecule has 1 aliphatic heterocycles. The minimum absolute atomic E-state index is 0. The highest BCUT2D eigenvalue weighted by atomic mass is 35.5.